The summed E-state index contributed by atoms with van der Waals surface area (Å²) in [6.07, 6.45) is 14.5. The minimum absolute atomic E-state index is 0.171. The Kier molecular flexibility index (Phi) is 7.88. The second-order valence-electron chi connectivity index (χ2n) is 10.7. The van der Waals surface area contributed by atoms with E-state index in [1.165, 1.54) is 22.3 Å². The lowest BCUT2D eigenvalue weighted by Crippen LogP contribution is -2.36. The molecule has 0 bridgehead atoms. The molecule has 0 saturated carbocycles. The van der Waals surface area contributed by atoms with Crippen LogP contribution < -0.4 is 9.64 Å². The average molecular weight is 489 g/mol. The number of nitrogens with zero attached hydrogens (tertiary/aromatic N) is 4. The van der Waals surface area contributed by atoms with Gasteiger partial charge in [-0.15, -0.1) is 0 Å². The molecule has 2 saturated heterocycles. The van der Waals surface area contributed by atoms with E-state index in [1.54, 1.807) is 0 Å². The van der Waals surface area contributed by atoms with Crippen molar-refractivity contribution in [2.75, 3.05) is 37.7 Å². The van der Waals surface area contributed by atoms with Crippen molar-refractivity contribution >= 4 is 17.4 Å². The predicted molar refractivity (Wildman–Crippen MR) is 144 cm³/mol. The van der Waals surface area contributed by atoms with Gasteiger partial charge in [-0.3, -0.25) is 4.79 Å². The third-order valence-corrected chi connectivity index (χ3v) is 8.20. The largest absolute Gasteiger partial charge is 0.493 e. The summed E-state index contributed by atoms with van der Waals surface area (Å²) in [6.45, 7) is 8.88. The quantitative estimate of drug-likeness (QED) is 0.519. The topological polar surface area (TPSA) is 58.6 Å². The zero-order chi connectivity index (χ0) is 24.9. The number of carbonyl (C=O) groups is 1. The maximum absolute atomic E-state index is 12.7. The van der Waals surface area contributed by atoms with Gasteiger partial charge in [0.15, 0.2) is 0 Å². The number of piperidine rings is 1. The molecular formula is C30H40N4O2. The molecule has 0 spiro atoms. The van der Waals surface area contributed by atoms with Crippen LogP contribution in [0.15, 0.2) is 36.7 Å². The first-order valence-corrected chi connectivity index (χ1v) is 13.9. The van der Waals surface area contributed by atoms with Gasteiger partial charge in [-0.2, -0.15) is 0 Å². The van der Waals surface area contributed by atoms with Crippen molar-refractivity contribution in [2.45, 2.75) is 65.2 Å². The van der Waals surface area contributed by atoms with Crippen LogP contribution in [0.4, 0.5) is 5.95 Å². The van der Waals surface area contributed by atoms with E-state index >= 15 is 0 Å². The molecule has 1 atom stereocenters. The summed E-state index contributed by atoms with van der Waals surface area (Å²) in [6, 6.07) is 6.58. The number of hydrogen-bond acceptors (Lipinski definition) is 5. The van der Waals surface area contributed by atoms with Crippen LogP contribution >= 0.6 is 0 Å². The Bertz CT molecular complexity index is 1070. The van der Waals surface area contributed by atoms with E-state index in [0.717, 1.165) is 95.9 Å². The molecule has 3 aliphatic rings. The Morgan fingerprint density at radius 3 is 2.44 bits per heavy atom. The lowest BCUT2D eigenvalue weighted by atomic mass is 9.85. The van der Waals surface area contributed by atoms with E-state index < -0.39 is 0 Å². The third-order valence-electron chi connectivity index (χ3n) is 8.20. The molecule has 1 aliphatic carbocycles. The van der Waals surface area contributed by atoms with Gasteiger partial charge in [0.25, 0.3) is 0 Å². The van der Waals surface area contributed by atoms with Gasteiger partial charge >= 0.3 is 0 Å². The standard InChI is InChI=1S/C30H40N4O2/c1-3-23-19-31-30(32-20-23)34-16-12-24(13-17-34)21-36-28-11-10-27(18-22(28)2)25-6-8-26(9-7-25)29(35)33-14-4-5-15-33/h6,10-11,18-20,24,26H,3-5,7-9,12-17,21H2,1-2H3. The van der Waals surface area contributed by atoms with E-state index in [-0.39, 0.29) is 5.92 Å². The van der Waals surface area contributed by atoms with Gasteiger partial charge in [-0.1, -0.05) is 19.1 Å². The highest BCUT2D eigenvalue weighted by atomic mass is 16.5. The number of amides is 1. The Labute approximate surface area is 215 Å². The van der Waals surface area contributed by atoms with Crippen molar-refractivity contribution in [3.8, 4) is 5.75 Å². The highest BCUT2D eigenvalue weighted by Crippen LogP contribution is 2.34. The molecule has 0 N–H and O–H groups in total. The van der Waals surface area contributed by atoms with E-state index in [9.17, 15) is 4.79 Å². The van der Waals surface area contributed by atoms with Gasteiger partial charge < -0.3 is 14.5 Å². The second kappa shape index (κ2) is 11.4. The van der Waals surface area contributed by atoms with Crippen LogP contribution in [-0.2, 0) is 11.2 Å². The molecule has 0 radical (unpaired) electrons. The lowest BCUT2D eigenvalue weighted by Gasteiger charge is -2.32. The van der Waals surface area contributed by atoms with E-state index in [4.69, 9.17) is 4.74 Å². The first kappa shape index (κ1) is 24.8. The number of likely N-dealkylation sites (tertiary alicyclic amines) is 1. The minimum Gasteiger partial charge on any atom is -0.493 e. The van der Waals surface area contributed by atoms with E-state index in [2.05, 4.69) is 57.9 Å². The highest BCUT2D eigenvalue weighted by Gasteiger charge is 2.28. The summed E-state index contributed by atoms with van der Waals surface area (Å²) in [5.74, 6) is 2.93. The first-order valence-electron chi connectivity index (χ1n) is 13.9. The van der Waals surface area contributed by atoms with Crippen LogP contribution in [0.2, 0.25) is 0 Å². The van der Waals surface area contributed by atoms with E-state index in [0.29, 0.717) is 11.8 Å². The number of allylic oxidation sites excluding steroid dienone is 2. The van der Waals surface area contributed by atoms with Crippen molar-refractivity contribution < 1.29 is 9.53 Å². The van der Waals surface area contributed by atoms with Gasteiger partial charge in [0.05, 0.1) is 6.61 Å². The molecule has 3 heterocycles. The maximum atomic E-state index is 12.7. The zero-order valence-electron chi connectivity index (χ0n) is 21.9. The van der Waals surface area contributed by atoms with Gasteiger partial charge in [0.2, 0.25) is 11.9 Å². The highest BCUT2D eigenvalue weighted by molar-refractivity contribution is 5.81. The summed E-state index contributed by atoms with van der Waals surface area (Å²) in [5.41, 5.74) is 5.01. The van der Waals surface area contributed by atoms with Crippen molar-refractivity contribution in [3.63, 3.8) is 0 Å². The first-order chi connectivity index (χ1) is 17.6. The second-order valence-corrected chi connectivity index (χ2v) is 10.7. The van der Waals surface area contributed by atoms with Crippen LogP contribution in [-0.4, -0.2) is 53.6 Å². The molecule has 1 unspecified atom stereocenters. The summed E-state index contributed by atoms with van der Waals surface area (Å²) in [7, 11) is 0. The minimum atomic E-state index is 0.171. The fourth-order valence-electron chi connectivity index (χ4n) is 5.73. The average Bonchev–Trinajstić information content (AvgIpc) is 3.48. The van der Waals surface area contributed by atoms with Crippen LogP contribution in [0.3, 0.4) is 0 Å². The molecule has 1 aromatic carbocycles. The Morgan fingerprint density at radius 2 is 1.81 bits per heavy atom. The molecule has 5 rings (SSSR count). The normalized spacial score (nSPS) is 20.9. The fourth-order valence-corrected chi connectivity index (χ4v) is 5.73. The Hall–Kier alpha value is -2.89. The van der Waals surface area contributed by atoms with Gasteiger partial charge in [-0.05, 0) is 98.6 Å². The van der Waals surface area contributed by atoms with Gasteiger partial charge in [-0.25, -0.2) is 9.97 Å². The number of ether oxygens (including phenoxy) is 1. The molecule has 192 valence electrons. The summed E-state index contributed by atoms with van der Waals surface area (Å²) in [4.78, 5) is 26.2. The monoisotopic (exact) mass is 488 g/mol. The fraction of sp³-hybridized carbons (Fsp3) is 0.567. The molecule has 1 amide bonds. The van der Waals surface area contributed by atoms with Gasteiger partial charge in [0.1, 0.15) is 5.75 Å². The number of anilines is 1. The Morgan fingerprint density at radius 1 is 1.06 bits per heavy atom. The Balaban J connectivity index is 1.10. The van der Waals surface area contributed by atoms with Crippen molar-refractivity contribution in [1.82, 2.24) is 14.9 Å². The zero-order valence-corrected chi connectivity index (χ0v) is 21.9. The van der Waals surface area contributed by atoms with E-state index in [1.807, 2.05) is 12.4 Å². The molecule has 36 heavy (non-hydrogen) atoms. The predicted octanol–water partition coefficient (Wildman–Crippen LogP) is 5.45. The van der Waals surface area contributed by atoms with Gasteiger partial charge in [0, 0.05) is 44.5 Å². The molecule has 2 aromatic rings. The number of aryl methyl sites for hydroxylation is 2. The lowest BCUT2D eigenvalue weighted by molar-refractivity contribution is -0.134. The summed E-state index contributed by atoms with van der Waals surface area (Å²) in [5, 5.41) is 0. The van der Waals surface area contributed by atoms with Crippen LogP contribution in [0.5, 0.6) is 5.75 Å². The van der Waals surface area contributed by atoms with Crippen molar-refractivity contribution in [3.05, 3.63) is 53.4 Å². The number of rotatable bonds is 7. The number of hydrogen-bond donors (Lipinski definition) is 0. The third kappa shape index (κ3) is 5.74. The van der Waals surface area contributed by atoms with Crippen LogP contribution in [0.1, 0.15) is 68.6 Å². The molecule has 6 heteroatoms. The maximum Gasteiger partial charge on any atom is 0.226 e. The smallest absolute Gasteiger partial charge is 0.226 e. The number of carbonyl (C=O) groups excluding carboxylic acids is 1. The summed E-state index contributed by atoms with van der Waals surface area (Å²) < 4.78 is 6.28. The van der Waals surface area contributed by atoms with Crippen LogP contribution in [0, 0.1) is 18.8 Å². The van der Waals surface area contributed by atoms with Crippen molar-refractivity contribution in [1.29, 1.82) is 0 Å². The summed E-state index contributed by atoms with van der Waals surface area (Å²) >= 11 is 0. The molecule has 2 fully saturated rings. The number of aromatic nitrogens is 2. The van der Waals surface area contributed by atoms with Crippen molar-refractivity contribution in [2.24, 2.45) is 11.8 Å². The molecule has 1 aromatic heterocycles. The molecule has 6 nitrogen and oxygen atoms in total. The molecule has 2 aliphatic heterocycles. The molecular weight excluding hydrogens is 448 g/mol. The van der Waals surface area contributed by atoms with Crippen LogP contribution in [0.25, 0.3) is 5.57 Å². The number of benzene rings is 1. The SMILES string of the molecule is CCc1cnc(N2CCC(COc3ccc(C4=CCC(C(=O)N5CCCC5)CC4)cc3C)CC2)nc1.